The average Bonchev–Trinajstić information content (AvgIpc) is 2.51. The van der Waals surface area contributed by atoms with Crippen LogP contribution in [-0.4, -0.2) is 30.1 Å². The summed E-state index contributed by atoms with van der Waals surface area (Å²) < 4.78 is 0. The lowest BCUT2D eigenvalue weighted by atomic mass is 9.98. The molecule has 3 unspecified atom stereocenters. The van der Waals surface area contributed by atoms with Crippen LogP contribution in [0.4, 0.5) is 0 Å². The van der Waals surface area contributed by atoms with E-state index in [2.05, 4.69) is 25.7 Å². The summed E-state index contributed by atoms with van der Waals surface area (Å²) in [7, 11) is 0. The molecular weight excluding hydrogens is 184 g/mol. The molecule has 1 aliphatic heterocycles. The van der Waals surface area contributed by atoms with E-state index in [0.29, 0.717) is 12.0 Å². The van der Waals surface area contributed by atoms with Crippen LogP contribution < -0.4 is 5.73 Å². The van der Waals surface area contributed by atoms with Gasteiger partial charge in [-0.2, -0.15) is 0 Å². The van der Waals surface area contributed by atoms with Gasteiger partial charge in [-0.3, -0.25) is 4.90 Å². The van der Waals surface area contributed by atoms with Gasteiger partial charge in [0.1, 0.15) is 0 Å². The molecule has 0 bridgehead atoms. The second kappa shape index (κ2) is 6.49. The predicted octanol–water partition coefficient (Wildman–Crippen LogP) is 2.62. The van der Waals surface area contributed by atoms with Crippen molar-refractivity contribution in [2.45, 2.75) is 65.0 Å². The fourth-order valence-corrected chi connectivity index (χ4v) is 2.70. The van der Waals surface area contributed by atoms with Gasteiger partial charge in [-0.05, 0) is 45.2 Å². The van der Waals surface area contributed by atoms with Crippen LogP contribution in [0.25, 0.3) is 0 Å². The van der Waals surface area contributed by atoms with Gasteiger partial charge >= 0.3 is 0 Å². The molecule has 15 heavy (non-hydrogen) atoms. The second-order valence-electron chi connectivity index (χ2n) is 5.10. The highest BCUT2D eigenvalue weighted by Crippen LogP contribution is 2.23. The van der Waals surface area contributed by atoms with E-state index in [1.54, 1.807) is 0 Å². The molecule has 0 saturated carbocycles. The maximum Gasteiger partial charge on any atom is 0.0107 e. The van der Waals surface area contributed by atoms with Crippen LogP contribution in [-0.2, 0) is 0 Å². The SMILES string of the molecule is CCC1CCCCCN1C(C)C(C)CN. The molecule has 2 nitrogen and oxygen atoms in total. The largest absolute Gasteiger partial charge is 0.330 e. The third-order valence-electron chi connectivity index (χ3n) is 4.11. The third-order valence-corrected chi connectivity index (χ3v) is 4.11. The Balaban J connectivity index is 2.60. The molecule has 2 heteroatoms. The molecule has 2 N–H and O–H groups in total. The molecule has 1 heterocycles. The highest BCUT2D eigenvalue weighted by molar-refractivity contribution is 4.81. The summed E-state index contributed by atoms with van der Waals surface area (Å²) in [6, 6.07) is 1.45. The Morgan fingerprint density at radius 1 is 1.27 bits per heavy atom. The number of nitrogens with two attached hydrogens (primary N) is 1. The van der Waals surface area contributed by atoms with Crippen molar-refractivity contribution in [2.24, 2.45) is 11.7 Å². The molecule has 0 aromatic rings. The van der Waals surface area contributed by atoms with Crippen molar-refractivity contribution in [1.82, 2.24) is 4.90 Å². The fourth-order valence-electron chi connectivity index (χ4n) is 2.70. The van der Waals surface area contributed by atoms with Crippen LogP contribution in [0.3, 0.4) is 0 Å². The lowest BCUT2D eigenvalue weighted by Gasteiger charge is -2.37. The molecule has 0 amide bonds. The van der Waals surface area contributed by atoms with Crippen LogP contribution in [0.5, 0.6) is 0 Å². The Kier molecular flexibility index (Phi) is 5.62. The Hall–Kier alpha value is -0.0800. The summed E-state index contributed by atoms with van der Waals surface area (Å²) >= 11 is 0. The van der Waals surface area contributed by atoms with Gasteiger partial charge in [0.25, 0.3) is 0 Å². The smallest absolute Gasteiger partial charge is 0.0107 e. The molecule has 1 saturated heterocycles. The molecule has 90 valence electrons. The molecule has 1 fully saturated rings. The van der Waals surface area contributed by atoms with Gasteiger partial charge in [0.15, 0.2) is 0 Å². The van der Waals surface area contributed by atoms with E-state index in [1.807, 2.05) is 0 Å². The van der Waals surface area contributed by atoms with Crippen molar-refractivity contribution in [3.05, 3.63) is 0 Å². The molecule has 0 aliphatic carbocycles. The van der Waals surface area contributed by atoms with Crippen LogP contribution in [0.1, 0.15) is 52.9 Å². The molecular formula is C13H28N2. The van der Waals surface area contributed by atoms with E-state index in [4.69, 9.17) is 5.73 Å². The van der Waals surface area contributed by atoms with Crippen LogP contribution in [0.2, 0.25) is 0 Å². The minimum atomic E-state index is 0.622. The lowest BCUT2D eigenvalue weighted by Crippen LogP contribution is -2.45. The first-order valence-corrected chi connectivity index (χ1v) is 6.66. The first-order valence-electron chi connectivity index (χ1n) is 6.66. The Morgan fingerprint density at radius 2 is 2.00 bits per heavy atom. The fraction of sp³-hybridized carbons (Fsp3) is 1.00. The van der Waals surface area contributed by atoms with Crippen molar-refractivity contribution in [3.8, 4) is 0 Å². The molecule has 3 atom stereocenters. The van der Waals surface area contributed by atoms with Crippen molar-refractivity contribution in [1.29, 1.82) is 0 Å². The van der Waals surface area contributed by atoms with Crippen LogP contribution in [0, 0.1) is 5.92 Å². The van der Waals surface area contributed by atoms with E-state index in [0.717, 1.165) is 12.6 Å². The maximum absolute atomic E-state index is 5.78. The zero-order chi connectivity index (χ0) is 11.3. The highest BCUT2D eigenvalue weighted by Gasteiger charge is 2.26. The van der Waals surface area contributed by atoms with Crippen molar-refractivity contribution in [3.63, 3.8) is 0 Å². The first-order chi connectivity index (χ1) is 7.20. The van der Waals surface area contributed by atoms with Gasteiger partial charge in [-0.1, -0.05) is 26.7 Å². The Bertz CT molecular complexity index is 170. The quantitative estimate of drug-likeness (QED) is 0.776. The molecule has 0 radical (unpaired) electrons. The lowest BCUT2D eigenvalue weighted by molar-refractivity contribution is 0.109. The number of hydrogen-bond acceptors (Lipinski definition) is 2. The van der Waals surface area contributed by atoms with Gasteiger partial charge in [0.05, 0.1) is 0 Å². The van der Waals surface area contributed by atoms with E-state index in [9.17, 15) is 0 Å². The van der Waals surface area contributed by atoms with E-state index in [-0.39, 0.29) is 0 Å². The summed E-state index contributed by atoms with van der Waals surface area (Å²) in [5.41, 5.74) is 5.78. The summed E-state index contributed by atoms with van der Waals surface area (Å²) in [5.74, 6) is 0.622. The number of hydrogen-bond donors (Lipinski definition) is 1. The third kappa shape index (κ3) is 3.46. The first kappa shape index (κ1) is 13.0. The van der Waals surface area contributed by atoms with Gasteiger partial charge < -0.3 is 5.73 Å². The normalized spacial score (nSPS) is 28.4. The van der Waals surface area contributed by atoms with Crippen molar-refractivity contribution >= 4 is 0 Å². The Morgan fingerprint density at radius 3 is 2.60 bits per heavy atom. The van der Waals surface area contributed by atoms with E-state index >= 15 is 0 Å². The second-order valence-corrected chi connectivity index (χ2v) is 5.10. The number of rotatable bonds is 4. The minimum absolute atomic E-state index is 0.622. The zero-order valence-corrected chi connectivity index (χ0v) is 10.7. The van der Waals surface area contributed by atoms with Gasteiger partial charge in [-0.15, -0.1) is 0 Å². The van der Waals surface area contributed by atoms with Gasteiger partial charge in [-0.25, -0.2) is 0 Å². The van der Waals surface area contributed by atoms with Crippen LogP contribution in [0.15, 0.2) is 0 Å². The molecule has 0 aromatic carbocycles. The topological polar surface area (TPSA) is 29.3 Å². The molecule has 1 rings (SSSR count). The zero-order valence-electron chi connectivity index (χ0n) is 10.7. The van der Waals surface area contributed by atoms with E-state index < -0.39 is 0 Å². The standard InChI is InChI=1S/C13H28N2/c1-4-13-8-6-5-7-9-15(13)12(3)11(2)10-14/h11-13H,4-10,14H2,1-3H3. The molecule has 0 spiro atoms. The average molecular weight is 212 g/mol. The van der Waals surface area contributed by atoms with Crippen molar-refractivity contribution < 1.29 is 0 Å². The van der Waals surface area contributed by atoms with E-state index in [1.165, 1.54) is 38.6 Å². The summed E-state index contributed by atoms with van der Waals surface area (Å²) in [6.45, 7) is 9.05. The number of nitrogens with zero attached hydrogens (tertiary/aromatic N) is 1. The molecule has 0 aromatic heterocycles. The minimum Gasteiger partial charge on any atom is -0.330 e. The maximum atomic E-state index is 5.78. The Labute approximate surface area is 95.2 Å². The molecule has 1 aliphatic rings. The predicted molar refractivity (Wildman–Crippen MR) is 66.9 cm³/mol. The summed E-state index contributed by atoms with van der Waals surface area (Å²) in [4.78, 5) is 2.71. The van der Waals surface area contributed by atoms with Crippen molar-refractivity contribution in [2.75, 3.05) is 13.1 Å². The van der Waals surface area contributed by atoms with Gasteiger partial charge in [0, 0.05) is 12.1 Å². The van der Waals surface area contributed by atoms with Gasteiger partial charge in [0.2, 0.25) is 0 Å². The monoisotopic (exact) mass is 212 g/mol. The van der Waals surface area contributed by atoms with Crippen LogP contribution >= 0.6 is 0 Å². The summed E-state index contributed by atoms with van der Waals surface area (Å²) in [6.07, 6.45) is 6.88. The highest BCUT2D eigenvalue weighted by atomic mass is 15.2. The number of likely N-dealkylation sites (tertiary alicyclic amines) is 1. The summed E-state index contributed by atoms with van der Waals surface area (Å²) in [5, 5.41) is 0.